The molecule has 3 rings (SSSR count). The van der Waals surface area contributed by atoms with E-state index in [1.165, 1.54) is 11.1 Å². The summed E-state index contributed by atoms with van der Waals surface area (Å²) in [6.45, 7) is 0.560. The van der Waals surface area contributed by atoms with Gasteiger partial charge in [-0.2, -0.15) is 0 Å². The van der Waals surface area contributed by atoms with E-state index in [1.807, 2.05) is 0 Å². The molecule has 2 aromatic rings. The number of hydrogen-bond acceptors (Lipinski definition) is 2. The maximum absolute atomic E-state index is 9.94. The Morgan fingerprint density at radius 3 is 2.40 bits per heavy atom. The first kappa shape index (κ1) is 13.7. The minimum Gasteiger partial charge on any atom is -0.506 e. The van der Waals surface area contributed by atoms with Crippen molar-refractivity contribution >= 4 is 23.2 Å². The van der Waals surface area contributed by atoms with Gasteiger partial charge in [-0.05, 0) is 36.1 Å². The van der Waals surface area contributed by atoms with E-state index in [9.17, 15) is 5.11 Å². The maximum atomic E-state index is 9.94. The summed E-state index contributed by atoms with van der Waals surface area (Å²) in [5.74, 6) is 0.110. The summed E-state index contributed by atoms with van der Waals surface area (Å²) < 4.78 is 0. The number of halogens is 2. The van der Waals surface area contributed by atoms with Crippen LogP contribution in [0.25, 0.3) is 0 Å². The molecule has 4 heteroatoms. The second kappa shape index (κ2) is 5.65. The number of aromatic hydroxyl groups is 1. The fraction of sp³-hybridized carbons (Fsp3) is 0.250. The van der Waals surface area contributed by atoms with Crippen LogP contribution < -0.4 is 5.32 Å². The maximum Gasteiger partial charge on any atom is 0.138 e. The molecule has 2 nitrogen and oxygen atoms in total. The molecular weight excluding hydrogens is 293 g/mol. The van der Waals surface area contributed by atoms with Crippen molar-refractivity contribution < 1.29 is 5.11 Å². The monoisotopic (exact) mass is 307 g/mol. The zero-order valence-electron chi connectivity index (χ0n) is 10.9. The average molecular weight is 308 g/mol. The van der Waals surface area contributed by atoms with Gasteiger partial charge in [0.25, 0.3) is 0 Å². The van der Waals surface area contributed by atoms with Crippen molar-refractivity contribution in [1.82, 2.24) is 5.32 Å². The van der Waals surface area contributed by atoms with E-state index in [0.29, 0.717) is 22.6 Å². The molecule has 2 N–H and O–H groups in total. The summed E-state index contributed by atoms with van der Waals surface area (Å²) in [6.07, 6.45) is 2.04. The zero-order valence-corrected chi connectivity index (χ0v) is 12.4. The lowest BCUT2D eigenvalue weighted by Gasteiger charge is -2.13. The fourth-order valence-corrected chi connectivity index (χ4v) is 3.25. The zero-order chi connectivity index (χ0) is 14.1. The van der Waals surface area contributed by atoms with Crippen molar-refractivity contribution in [2.24, 2.45) is 0 Å². The summed E-state index contributed by atoms with van der Waals surface area (Å²) in [5, 5.41) is 14.2. The van der Waals surface area contributed by atoms with E-state index < -0.39 is 0 Å². The third kappa shape index (κ3) is 2.78. The quantitative estimate of drug-likeness (QED) is 0.899. The molecule has 0 bridgehead atoms. The van der Waals surface area contributed by atoms with Gasteiger partial charge in [0.15, 0.2) is 0 Å². The van der Waals surface area contributed by atoms with Crippen molar-refractivity contribution in [1.29, 1.82) is 0 Å². The van der Waals surface area contributed by atoms with E-state index in [-0.39, 0.29) is 5.75 Å². The van der Waals surface area contributed by atoms with Gasteiger partial charge in [0.2, 0.25) is 0 Å². The highest BCUT2D eigenvalue weighted by molar-refractivity contribution is 6.35. The molecule has 20 heavy (non-hydrogen) atoms. The standard InChI is InChI=1S/C16H15Cl2NO/c17-13-5-12(16(20)15(18)8-13)9-19-14-6-10-3-1-2-4-11(10)7-14/h1-5,8,14,19-20H,6-7,9H2. The Balaban J connectivity index is 1.67. The molecule has 1 aliphatic rings. The van der Waals surface area contributed by atoms with Gasteiger partial charge < -0.3 is 10.4 Å². The summed E-state index contributed by atoms with van der Waals surface area (Å²) in [5.41, 5.74) is 3.54. The van der Waals surface area contributed by atoms with Crippen molar-refractivity contribution in [3.8, 4) is 5.75 Å². The molecule has 0 radical (unpaired) electrons. The van der Waals surface area contributed by atoms with Crippen molar-refractivity contribution in [2.75, 3.05) is 0 Å². The molecule has 0 unspecified atom stereocenters. The molecule has 0 aromatic heterocycles. The Hall–Kier alpha value is -1.22. The molecule has 1 aliphatic carbocycles. The van der Waals surface area contributed by atoms with Gasteiger partial charge in [0.1, 0.15) is 5.75 Å². The SMILES string of the molecule is Oc1c(Cl)cc(Cl)cc1CNC1Cc2ccccc2C1. The minimum atomic E-state index is 0.110. The minimum absolute atomic E-state index is 0.110. The van der Waals surface area contributed by atoms with Crippen LogP contribution in [0.3, 0.4) is 0 Å². The van der Waals surface area contributed by atoms with Crippen LogP contribution in [0.4, 0.5) is 0 Å². The Kier molecular flexibility index (Phi) is 3.88. The molecule has 0 fully saturated rings. The average Bonchev–Trinajstić information content (AvgIpc) is 2.84. The van der Waals surface area contributed by atoms with Crippen LogP contribution in [-0.4, -0.2) is 11.1 Å². The number of hydrogen-bond donors (Lipinski definition) is 2. The van der Waals surface area contributed by atoms with Crippen molar-refractivity contribution in [2.45, 2.75) is 25.4 Å². The summed E-state index contributed by atoms with van der Waals surface area (Å²) in [6, 6.07) is 12.2. The molecule has 2 aromatic carbocycles. The highest BCUT2D eigenvalue weighted by atomic mass is 35.5. The van der Waals surface area contributed by atoms with Gasteiger partial charge in [-0.3, -0.25) is 0 Å². The Morgan fingerprint density at radius 2 is 1.75 bits per heavy atom. The van der Waals surface area contributed by atoms with Crippen LogP contribution >= 0.6 is 23.2 Å². The largest absolute Gasteiger partial charge is 0.506 e. The summed E-state index contributed by atoms with van der Waals surface area (Å²) in [7, 11) is 0. The Bertz CT molecular complexity index is 617. The molecule has 0 saturated heterocycles. The number of benzene rings is 2. The van der Waals surface area contributed by atoms with Crippen molar-refractivity contribution in [3.05, 3.63) is 63.1 Å². The summed E-state index contributed by atoms with van der Waals surface area (Å²) in [4.78, 5) is 0. The van der Waals surface area contributed by atoms with Crippen LogP contribution in [0.5, 0.6) is 5.75 Å². The van der Waals surface area contributed by atoms with Crippen molar-refractivity contribution in [3.63, 3.8) is 0 Å². The Morgan fingerprint density at radius 1 is 1.10 bits per heavy atom. The third-order valence-corrected chi connectivity index (χ3v) is 4.25. The number of rotatable bonds is 3. The lowest BCUT2D eigenvalue weighted by Crippen LogP contribution is -2.29. The van der Waals surface area contributed by atoms with Crippen LogP contribution in [0.1, 0.15) is 16.7 Å². The van der Waals surface area contributed by atoms with E-state index in [1.54, 1.807) is 12.1 Å². The topological polar surface area (TPSA) is 32.3 Å². The Labute approximate surface area is 128 Å². The lowest BCUT2D eigenvalue weighted by atomic mass is 10.1. The van der Waals surface area contributed by atoms with E-state index in [0.717, 1.165) is 18.4 Å². The van der Waals surface area contributed by atoms with Gasteiger partial charge in [-0.15, -0.1) is 0 Å². The van der Waals surface area contributed by atoms with Crippen LogP contribution in [0.2, 0.25) is 10.0 Å². The first-order valence-corrected chi connectivity index (χ1v) is 7.36. The van der Waals surface area contributed by atoms with Gasteiger partial charge in [0, 0.05) is 23.2 Å². The molecule has 0 aliphatic heterocycles. The van der Waals surface area contributed by atoms with E-state index in [4.69, 9.17) is 23.2 Å². The van der Waals surface area contributed by atoms with Gasteiger partial charge in [-0.25, -0.2) is 0 Å². The van der Waals surface area contributed by atoms with Crippen LogP contribution in [0, 0.1) is 0 Å². The van der Waals surface area contributed by atoms with E-state index >= 15 is 0 Å². The third-order valence-electron chi connectivity index (χ3n) is 3.74. The molecule has 0 saturated carbocycles. The molecule has 0 spiro atoms. The predicted molar refractivity (Wildman–Crippen MR) is 82.6 cm³/mol. The second-order valence-electron chi connectivity index (χ2n) is 5.15. The van der Waals surface area contributed by atoms with Crippen LogP contribution in [0.15, 0.2) is 36.4 Å². The number of phenolic OH excluding ortho intramolecular Hbond substituents is 1. The number of fused-ring (bicyclic) bond motifs is 1. The van der Waals surface area contributed by atoms with Gasteiger partial charge in [0.05, 0.1) is 5.02 Å². The smallest absolute Gasteiger partial charge is 0.138 e. The van der Waals surface area contributed by atoms with E-state index in [2.05, 4.69) is 29.6 Å². The molecule has 0 heterocycles. The predicted octanol–water partition coefficient (Wildman–Crippen LogP) is 3.96. The summed E-state index contributed by atoms with van der Waals surface area (Å²) >= 11 is 11.9. The lowest BCUT2D eigenvalue weighted by molar-refractivity contribution is 0.457. The number of nitrogens with one attached hydrogen (secondary N) is 1. The highest BCUT2D eigenvalue weighted by Gasteiger charge is 2.20. The molecule has 104 valence electrons. The van der Waals surface area contributed by atoms with Crippen LogP contribution in [-0.2, 0) is 19.4 Å². The first-order valence-electron chi connectivity index (χ1n) is 6.60. The van der Waals surface area contributed by atoms with Gasteiger partial charge >= 0.3 is 0 Å². The molecular formula is C16H15Cl2NO. The highest BCUT2D eigenvalue weighted by Crippen LogP contribution is 2.31. The molecule has 0 atom stereocenters. The van der Waals surface area contributed by atoms with Gasteiger partial charge in [-0.1, -0.05) is 47.5 Å². The molecule has 0 amide bonds. The normalized spacial score (nSPS) is 14.5. The second-order valence-corrected chi connectivity index (χ2v) is 5.99. The number of phenols is 1. The first-order chi connectivity index (χ1) is 9.63. The fourth-order valence-electron chi connectivity index (χ4n) is 2.71.